The van der Waals surface area contributed by atoms with Crippen LogP contribution in [0.2, 0.25) is 10.0 Å². The third kappa shape index (κ3) is 3.03. The molecule has 0 aliphatic rings. The lowest BCUT2D eigenvalue weighted by Gasteiger charge is -2.08. The fraction of sp³-hybridized carbons (Fsp3) is 0.0714. The third-order valence-electron chi connectivity index (χ3n) is 2.46. The highest BCUT2D eigenvalue weighted by Gasteiger charge is 2.08. The normalized spacial score (nSPS) is 10.2. The van der Waals surface area contributed by atoms with Gasteiger partial charge in [-0.05, 0) is 37.3 Å². The van der Waals surface area contributed by atoms with E-state index < -0.39 is 0 Å². The molecule has 92 valence electrons. The van der Waals surface area contributed by atoms with Crippen LogP contribution in [-0.4, -0.2) is 5.91 Å². The molecule has 0 spiro atoms. The molecular formula is C14H11Cl2NO. The minimum Gasteiger partial charge on any atom is -0.321 e. The van der Waals surface area contributed by atoms with Gasteiger partial charge in [-0.15, -0.1) is 0 Å². The van der Waals surface area contributed by atoms with Crippen LogP contribution in [0.15, 0.2) is 42.5 Å². The monoisotopic (exact) mass is 279 g/mol. The van der Waals surface area contributed by atoms with Gasteiger partial charge >= 0.3 is 0 Å². The molecule has 18 heavy (non-hydrogen) atoms. The molecule has 0 saturated carbocycles. The average Bonchev–Trinajstić information content (AvgIpc) is 2.34. The van der Waals surface area contributed by atoms with E-state index in [2.05, 4.69) is 5.32 Å². The zero-order valence-electron chi connectivity index (χ0n) is 9.71. The Kier molecular flexibility index (Phi) is 3.90. The maximum absolute atomic E-state index is 12.0. The summed E-state index contributed by atoms with van der Waals surface area (Å²) in [6.45, 7) is 1.93. The van der Waals surface area contributed by atoms with Crippen LogP contribution < -0.4 is 5.32 Å². The molecular weight excluding hydrogens is 269 g/mol. The average molecular weight is 280 g/mol. The Labute approximate surface area is 116 Å². The number of halogens is 2. The molecule has 0 unspecified atom stereocenters. The molecule has 1 N–H and O–H groups in total. The predicted octanol–water partition coefficient (Wildman–Crippen LogP) is 4.55. The van der Waals surface area contributed by atoms with E-state index in [-0.39, 0.29) is 5.91 Å². The molecule has 2 nitrogen and oxygen atoms in total. The van der Waals surface area contributed by atoms with Crippen molar-refractivity contribution < 1.29 is 4.79 Å². The largest absolute Gasteiger partial charge is 0.321 e. The summed E-state index contributed by atoms with van der Waals surface area (Å²) in [6, 6.07) is 12.3. The number of carbonyl (C=O) groups is 1. The van der Waals surface area contributed by atoms with Gasteiger partial charge in [-0.2, -0.15) is 0 Å². The molecule has 0 heterocycles. The lowest BCUT2D eigenvalue weighted by atomic mass is 10.1. The van der Waals surface area contributed by atoms with Crippen LogP contribution in [0.5, 0.6) is 0 Å². The first-order valence-electron chi connectivity index (χ1n) is 5.39. The van der Waals surface area contributed by atoms with Crippen molar-refractivity contribution in [3.63, 3.8) is 0 Å². The van der Waals surface area contributed by atoms with E-state index >= 15 is 0 Å². The zero-order valence-corrected chi connectivity index (χ0v) is 11.2. The van der Waals surface area contributed by atoms with Crippen molar-refractivity contribution >= 4 is 34.8 Å². The molecule has 0 fully saturated rings. The molecule has 0 radical (unpaired) electrons. The van der Waals surface area contributed by atoms with Gasteiger partial charge in [-0.25, -0.2) is 0 Å². The first kappa shape index (κ1) is 12.9. The van der Waals surface area contributed by atoms with Gasteiger partial charge in [-0.3, -0.25) is 4.79 Å². The molecule has 0 atom stereocenters. The standard InChI is InChI=1S/C14H11Cl2NO/c1-9-3-2-4-10(7-9)14(18)17-13-8-11(15)5-6-12(13)16/h2-8H,1H3,(H,17,18). The summed E-state index contributed by atoms with van der Waals surface area (Å²) < 4.78 is 0. The number of hydrogen-bond donors (Lipinski definition) is 1. The van der Waals surface area contributed by atoms with E-state index in [4.69, 9.17) is 23.2 Å². The van der Waals surface area contributed by atoms with Gasteiger partial charge in [-0.1, -0.05) is 40.9 Å². The molecule has 2 aromatic carbocycles. The maximum atomic E-state index is 12.0. The van der Waals surface area contributed by atoms with Gasteiger partial charge in [0.2, 0.25) is 0 Å². The van der Waals surface area contributed by atoms with Crippen molar-refractivity contribution in [1.29, 1.82) is 0 Å². The van der Waals surface area contributed by atoms with Gasteiger partial charge in [0.05, 0.1) is 10.7 Å². The Morgan fingerprint density at radius 3 is 2.61 bits per heavy atom. The van der Waals surface area contributed by atoms with Crippen LogP contribution in [0.3, 0.4) is 0 Å². The number of rotatable bonds is 2. The van der Waals surface area contributed by atoms with E-state index in [0.29, 0.717) is 21.3 Å². The number of aryl methyl sites for hydroxylation is 1. The van der Waals surface area contributed by atoms with Crippen molar-refractivity contribution in [3.05, 3.63) is 63.6 Å². The predicted molar refractivity (Wildman–Crippen MR) is 75.6 cm³/mol. The van der Waals surface area contributed by atoms with Gasteiger partial charge < -0.3 is 5.32 Å². The summed E-state index contributed by atoms with van der Waals surface area (Å²) in [5.41, 5.74) is 2.13. The van der Waals surface area contributed by atoms with Crippen LogP contribution in [0.4, 0.5) is 5.69 Å². The Morgan fingerprint density at radius 2 is 1.89 bits per heavy atom. The maximum Gasteiger partial charge on any atom is 0.255 e. The second kappa shape index (κ2) is 5.42. The smallest absolute Gasteiger partial charge is 0.255 e. The number of amides is 1. The van der Waals surface area contributed by atoms with Gasteiger partial charge in [0.25, 0.3) is 5.91 Å². The Hall–Kier alpha value is -1.51. The number of anilines is 1. The Balaban J connectivity index is 2.24. The van der Waals surface area contributed by atoms with Crippen LogP contribution >= 0.6 is 23.2 Å². The fourth-order valence-electron chi connectivity index (χ4n) is 1.57. The summed E-state index contributed by atoms with van der Waals surface area (Å²) >= 11 is 11.8. The van der Waals surface area contributed by atoms with Crippen LogP contribution in [0.25, 0.3) is 0 Å². The molecule has 0 bridgehead atoms. The molecule has 4 heteroatoms. The molecule has 0 aliphatic heterocycles. The first-order chi connectivity index (χ1) is 8.56. The summed E-state index contributed by atoms with van der Waals surface area (Å²) in [5, 5.41) is 3.72. The van der Waals surface area contributed by atoms with Crippen LogP contribution in [0, 0.1) is 6.92 Å². The van der Waals surface area contributed by atoms with Crippen molar-refractivity contribution in [1.82, 2.24) is 0 Å². The lowest BCUT2D eigenvalue weighted by molar-refractivity contribution is 0.102. The van der Waals surface area contributed by atoms with E-state index in [1.807, 2.05) is 25.1 Å². The Bertz CT molecular complexity index is 596. The van der Waals surface area contributed by atoms with Gasteiger partial charge in [0.15, 0.2) is 0 Å². The minimum absolute atomic E-state index is 0.206. The topological polar surface area (TPSA) is 29.1 Å². The molecule has 0 saturated heterocycles. The van der Waals surface area contributed by atoms with Crippen molar-refractivity contribution in [2.45, 2.75) is 6.92 Å². The summed E-state index contributed by atoms with van der Waals surface area (Å²) in [7, 11) is 0. The van der Waals surface area contributed by atoms with E-state index in [0.717, 1.165) is 5.56 Å². The second-order valence-corrected chi connectivity index (χ2v) is 4.79. The quantitative estimate of drug-likeness (QED) is 0.858. The molecule has 1 amide bonds. The SMILES string of the molecule is Cc1cccc(C(=O)Nc2cc(Cl)ccc2Cl)c1. The molecule has 0 aliphatic carbocycles. The van der Waals surface area contributed by atoms with Crippen LogP contribution in [0.1, 0.15) is 15.9 Å². The van der Waals surface area contributed by atoms with E-state index in [1.165, 1.54) is 0 Å². The van der Waals surface area contributed by atoms with Crippen molar-refractivity contribution in [2.75, 3.05) is 5.32 Å². The lowest BCUT2D eigenvalue weighted by Crippen LogP contribution is -2.12. The van der Waals surface area contributed by atoms with E-state index in [1.54, 1.807) is 24.3 Å². The summed E-state index contributed by atoms with van der Waals surface area (Å²) in [6.07, 6.45) is 0. The molecule has 2 aromatic rings. The number of benzene rings is 2. The third-order valence-corrected chi connectivity index (χ3v) is 3.02. The summed E-state index contributed by atoms with van der Waals surface area (Å²) in [5.74, 6) is -0.206. The molecule has 2 rings (SSSR count). The molecule has 0 aromatic heterocycles. The first-order valence-corrected chi connectivity index (χ1v) is 6.15. The van der Waals surface area contributed by atoms with Gasteiger partial charge in [0, 0.05) is 10.6 Å². The number of nitrogens with one attached hydrogen (secondary N) is 1. The second-order valence-electron chi connectivity index (χ2n) is 3.95. The number of carbonyl (C=O) groups excluding carboxylic acids is 1. The Morgan fingerprint density at radius 1 is 1.11 bits per heavy atom. The highest BCUT2D eigenvalue weighted by molar-refractivity contribution is 6.35. The van der Waals surface area contributed by atoms with Crippen LogP contribution in [-0.2, 0) is 0 Å². The summed E-state index contributed by atoms with van der Waals surface area (Å²) in [4.78, 5) is 12.0. The van der Waals surface area contributed by atoms with Crippen molar-refractivity contribution in [2.24, 2.45) is 0 Å². The minimum atomic E-state index is -0.206. The highest BCUT2D eigenvalue weighted by atomic mass is 35.5. The fourth-order valence-corrected chi connectivity index (χ4v) is 1.91. The van der Waals surface area contributed by atoms with Crippen molar-refractivity contribution in [3.8, 4) is 0 Å². The highest BCUT2D eigenvalue weighted by Crippen LogP contribution is 2.25. The van der Waals surface area contributed by atoms with Gasteiger partial charge in [0.1, 0.15) is 0 Å². The van der Waals surface area contributed by atoms with E-state index in [9.17, 15) is 4.79 Å². The number of hydrogen-bond acceptors (Lipinski definition) is 1. The zero-order chi connectivity index (χ0) is 13.1.